The summed E-state index contributed by atoms with van der Waals surface area (Å²) in [7, 11) is 0. The van der Waals surface area contributed by atoms with Crippen LogP contribution in [0.2, 0.25) is 0 Å². The fourth-order valence-electron chi connectivity index (χ4n) is 1.69. The average molecular weight is 260 g/mol. The predicted octanol–water partition coefficient (Wildman–Crippen LogP) is 3.94. The van der Waals surface area contributed by atoms with Crippen LogP contribution in [0.3, 0.4) is 0 Å². The second kappa shape index (κ2) is 5.61. The molecule has 2 rings (SSSR count). The first kappa shape index (κ1) is 13.2. The van der Waals surface area contributed by atoms with Crippen LogP contribution in [-0.4, -0.2) is 6.10 Å². The van der Waals surface area contributed by atoms with Crippen LogP contribution in [0.4, 0.5) is 21.5 Å². The smallest absolute Gasteiger partial charge is 0.146 e. The van der Waals surface area contributed by atoms with Gasteiger partial charge in [-0.3, -0.25) is 0 Å². The zero-order valence-corrected chi connectivity index (χ0v) is 11.0. The minimum absolute atomic E-state index is 0.0333. The summed E-state index contributed by atoms with van der Waals surface area (Å²) in [4.78, 5) is 0. The van der Waals surface area contributed by atoms with Crippen LogP contribution < -0.4 is 15.8 Å². The highest BCUT2D eigenvalue weighted by Gasteiger charge is 2.06. The van der Waals surface area contributed by atoms with E-state index in [2.05, 4.69) is 5.32 Å². The Bertz CT molecular complexity index is 570. The number of rotatable bonds is 4. The monoisotopic (exact) mass is 260 g/mol. The first-order valence-electron chi connectivity index (χ1n) is 6.14. The van der Waals surface area contributed by atoms with Crippen LogP contribution in [-0.2, 0) is 0 Å². The van der Waals surface area contributed by atoms with Gasteiger partial charge in [0.05, 0.1) is 17.5 Å². The van der Waals surface area contributed by atoms with Crippen LogP contribution in [0.5, 0.6) is 5.75 Å². The molecule has 0 atom stereocenters. The summed E-state index contributed by atoms with van der Waals surface area (Å²) in [6.07, 6.45) is 0.0333. The van der Waals surface area contributed by atoms with Crippen molar-refractivity contribution in [1.82, 2.24) is 0 Å². The summed E-state index contributed by atoms with van der Waals surface area (Å²) in [6.45, 7) is 3.85. The van der Waals surface area contributed by atoms with Gasteiger partial charge < -0.3 is 15.8 Å². The van der Waals surface area contributed by atoms with Crippen molar-refractivity contribution in [1.29, 1.82) is 0 Å². The average Bonchev–Trinajstić information content (AvgIpc) is 2.35. The Hall–Kier alpha value is -2.23. The lowest BCUT2D eigenvalue weighted by atomic mass is 10.2. The molecule has 3 N–H and O–H groups in total. The molecule has 0 fully saturated rings. The summed E-state index contributed by atoms with van der Waals surface area (Å²) < 4.78 is 19.1. The quantitative estimate of drug-likeness (QED) is 0.818. The molecular formula is C15H17FN2O. The number of nitrogen functional groups attached to an aromatic ring is 1. The van der Waals surface area contributed by atoms with Crippen molar-refractivity contribution in [2.75, 3.05) is 11.1 Å². The normalized spacial score (nSPS) is 10.5. The molecule has 0 radical (unpaired) electrons. The Morgan fingerprint density at radius 2 is 1.89 bits per heavy atom. The fraction of sp³-hybridized carbons (Fsp3) is 0.200. The Morgan fingerprint density at radius 1 is 1.16 bits per heavy atom. The standard InChI is InChI=1S/C15H17FN2O/c1-10(2)19-15-9-11(7-8-13(15)17)18-14-6-4-3-5-12(14)16/h3-10,18H,17H2,1-2H3. The van der Waals surface area contributed by atoms with Gasteiger partial charge in [0.1, 0.15) is 11.6 Å². The van der Waals surface area contributed by atoms with Gasteiger partial charge in [-0.25, -0.2) is 4.39 Å². The van der Waals surface area contributed by atoms with E-state index in [9.17, 15) is 4.39 Å². The van der Waals surface area contributed by atoms with E-state index in [1.807, 2.05) is 13.8 Å². The molecule has 0 unspecified atom stereocenters. The topological polar surface area (TPSA) is 47.3 Å². The van der Waals surface area contributed by atoms with Crippen molar-refractivity contribution >= 4 is 17.1 Å². The van der Waals surface area contributed by atoms with Gasteiger partial charge in [-0.15, -0.1) is 0 Å². The third-order valence-corrected chi connectivity index (χ3v) is 2.53. The SMILES string of the molecule is CC(C)Oc1cc(Nc2ccccc2F)ccc1N. The van der Waals surface area contributed by atoms with E-state index in [1.165, 1.54) is 6.07 Å². The largest absolute Gasteiger partial charge is 0.489 e. The number of anilines is 3. The molecule has 4 heteroatoms. The number of benzene rings is 2. The van der Waals surface area contributed by atoms with Crippen LogP contribution in [0, 0.1) is 5.82 Å². The van der Waals surface area contributed by atoms with Gasteiger partial charge in [-0.2, -0.15) is 0 Å². The van der Waals surface area contributed by atoms with Crippen molar-refractivity contribution < 1.29 is 9.13 Å². The summed E-state index contributed by atoms with van der Waals surface area (Å²) in [5.41, 5.74) is 7.55. The highest BCUT2D eigenvalue weighted by Crippen LogP contribution is 2.28. The molecule has 0 heterocycles. The maximum absolute atomic E-state index is 13.5. The van der Waals surface area contributed by atoms with Crippen molar-refractivity contribution in [3.63, 3.8) is 0 Å². The zero-order chi connectivity index (χ0) is 13.8. The van der Waals surface area contributed by atoms with Crippen LogP contribution in [0.25, 0.3) is 0 Å². The molecule has 0 saturated carbocycles. The lowest BCUT2D eigenvalue weighted by Gasteiger charge is -2.14. The van der Waals surface area contributed by atoms with E-state index in [-0.39, 0.29) is 11.9 Å². The summed E-state index contributed by atoms with van der Waals surface area (Å²) in [6, 6.07) is 11.8. The first-order chi connectivity index (χ1) is 9.06. The van der Waals surface area contributed by atoms with Crippen molar-refractivity contribution in [2.45, 2.75) is 20.0 Å². The number of ether oxygens (including phenoxy) is 1. The van der Waals surface area contributed by atoms with Crippen molar-refractivity contribution in [2.24, 2.45) is 0 Å². The number of hydrogen-bond donors (Lipinski definition) is 2. The van der Waals surface area contributed by atoms with Gasteiger partial charge in [0.25, 0.3) is 0 Å². The van der Waals surface area contributed by atoms with E-state index in [1.54, 1.807) is 36.4 Å². The third-order valence-electron chi connectivity index (χ3n) is 2.53. The molecule has 0 saturated heterocycles. The number of nitrogens with one attached hydrogen (secondary N) is 1. The highest BCUT2D eigenvalue weighted by atomic mass is 19.1. The van der Waals surface area contributed by atoms with E-state index in [0.29, 0.717) is 17.1 Å². The molecule has 3 nitrogen and oxygen atoms in total. The molecule has 0 aliphatic rings. The maximum atomic E-state index is 13.5. The Labute approximate surface area is 112 Å². The second-order valence-corrected chi connectivity index (χ2v) is 4.52. The van der Waals surface area contributed by atoms with Crippen LogP contribution in [0.1, 0.15) is 13.8 Å². The van der Waals surface area contributed by atoms with Gasteiger partial charge in [-0.05, 0) is 38.1 Å². The lowest BCUT2D eigenvalue weighted by molar-refractivity contribution is 0.244. The number of nitrogens with two attached hydrogens (primary N) is 1. The molecule has 19 heavy (non-hydrogen) atoms. The lowest BCUT2D eigenvalue weighted by Crippen LogP contribution is -2.07. The molecular weight excluding hydrogens is 243 g/mol. The number of hydrogen-bond acceptors (Lipinski definition) is 3. The molecule has 0 aliphatic heterocycles. The molecule has 2 aromatic carbocycles. The molecule has 0 aromatic heterocycles. The number of para-hydroxylation sites is 1. The molecule has 0 bridgehead atoms. The predicted molar refractivity (Wildman–Crippen MR) is 76.3 cm³/mol. The van der Waals surface area contributed by atoms with Gasteiger partial charge in [-0.1, -0.05) is 12.1 Å². The van der Waals surface area contributed by atoms with E-state index >= 15 is 0 Å². The molecule has 0 aliphatic carbocycles. The van der Waals surface area contributed by atoms with Gasteiger partial charge in [0, 0.05) is 11.8 Å². The highest BCUT2D eigenvalue weighted by molar-refractivity contribution is 5.67. The minimum Gasteiger partial charge on any atom is -0.489 e. The second-order valence-electron chi connectivity index (χ2n) is 4.52. The Morgan fingerprint density at radius 3 is 2.58 bits per heavy atom. The molecule has 0 amide bonds. The van der Waals surface area contributed by atoms with Gasteiger partial charge >= 0.3 is 0 Å². The summed E-state index contributed by atoms with van der Waals surface area (Å²) in [5, 5.41) is 3.00. The van der Waals surface area contributed by atoms with Gasteiger partial charge in [0.2, 0.25) is 0 Å². The van der Waals surface area contributed by atoms with E-state index in [0.717, 1.165) is 5.69 Å². The van der Waals surface area contributed by atoms with E-state index in [4.69, 9.17) is 10.5 Å². The molecule has 100 valence electrons. The first-order valence-corrected chi connectivity index (χ1v) is 6.14. The minimum atomic E-state index is -0.300. The number of halogens is 1. The Kier molecular flexibility index (Phi) is 3.90. The van der Waals surface area contributed by atoms with Crippen LogP contribution in [0.15, 0.2) is 42.5 Å². The fourth-order valence-corrected chi connectivity index (χ4v) is 1.69. The van der Waals surface area contributed by atoms with Crippen molar-refractivity contribution in [3.8, 4) is 5.75 Å². The Balaban J connectivity index is 2.24. The maximum Gasteiger partial charge on any atom is 0.146 e. The van der Waals surface area contributed by atoms with Crippen LogP contribution >= 0.6 is 0 Å². The summed E-state index contributed by atoms with van der Waals surface area (Å²) >= 11 is 0. The summed E-state index contributed by atoms with van der Waals surface area (Å²) in [5.74, 6) is 0.294. The third kappa shape index (κ3) is 3.37. The molecule has 0 spiro atoms. The zero-order valence-electron chi connectivity index (χ0n) is 11.0. The van der Waals surface area contributed by atoms with Gasteiger partial charge in [0.15, 0.2) is 0 Å². The van der Waals surface area contributed by atoms with E-state index < -0.39 is 0 Å². The molecule has 2 aromatic rings. The van der Waals surface area contributed by atoms with Crippen molar-refractivity contribution in [3.05, 3.63) is 48.3 Å².